The highest BCUT2D eigenvalue weighted by molar-refractivity contribution is 7.99. The Bertz CT molecular complexity index is 918. The molecule has 2 aromatic carbocycles. The number of benzene rings is 2. The average molecular weight is 381 g/mol. The first-order valence-electron chi connectivity index (χ1n) is 8.18. The Morgan fingerprint density at radius 3 is 2.67 bits per heavy atom. The number of nitrogens with zero attached hydrogens (tertiary/aromatic N) is 2. The van der Waals surface area contributed by atoms with Gasteiger partial charge in [0, 0.05) is 22.5 Å². The molecular weight excluding hydrogens is 362 g/mol. The number of nitrogens with two attached hydrogens (primary N) is 1. The summed E-state index contributed by atoms with van der Waals surface area (Å²) in [5.74, 6) is 1.03. The Morgan fingerprint density at radius 2 is 1.93 bits per heavy atom. The van der Waals surface area contributed by atoms with Gasteiger partial charge < -0.3 is 21.1 Å². The average Bonchev–Trinajstić information content (AvgIpc) is 2.69. The highest BCUT2D eigenvalue weighted by Gasteiger charge is 2.05. The van der Waals surface area contributed by atoms with Crippen LogP contribution < -0.4 is 21.1 Å². The lowest BCUT2D eigenvalue weighted by Crippen LogP contribution is -2.21. The zero-order chi connectivity index (χ0) is 19.1. The predicted octanol–water partition coefficient (Wildman–Crippen LogP) is 3.28. The van der Waals surface area contributed by atoms with E-state index in [0.717, 1.165) is 21.4 Å². The van der Waals surface area contributed by atoms with Gasteiger partial charge in [-0.1, -0.05) is 17.8 Å². The van der Waals surface area contributed by atoms with Gasteiger partial charge in [-0.15, -0.1) is 0 Å². The van der Waals surface area contributed by atoms with Crippen molar-refractivity contribution in [2.24, 2.45) is 5.73 Å². The van der Waals surface area contributed by atoms with E-state index in [1.165, 1.54) is 11.8 Å². The molecular formula is C19H19N5O2S. The maximum atomic E-state index is 11.4. The molecule has 0 spiro atoms. The molecule has 3 rings (SSSR count). The van der Waals surface area contributed by atoms with Crippen molar-refractivity contribution in [1.29, 1.82) is 0 Å². The van der Waals surface area contributed by atoms with Gasteiger partial charge in [0.15, 0.2) is 0 Å². The Hall–Kier alpha value is -3.10. The van der Waals surface area contributed by atoms with E-state index in [1.54, 1.807) is 25.4 Å². The largest absolute Gasteiger partial charge is 0.497 e. The van der Waals surface area contributed by atoms with Crippen molar-refractivity contribution in [3.05, 3.63) is 60.8 Å². The second-order valence-corrected chi connectivity index (χ2v) is 6.55. The van der Waals surface area contributed by atoms with Crippen LogP contribution in [0.2, 0.25) is 0 Å². The third-order valence-electron chi connectivity index (χ3n) is 3.50. The monoisotopic (exact) mass is 381 g/mol. The van der Waals surface area contributed by atoms with Crippen molar-refractivity contribution < 1.29 is 9.53 Å². The van der Waals surface area contributed by atoms with E-state index in [0.29, 0.717) is 11.6 Å². The third-order valence-corrected chi connectivity index (χ3v) is 4.44. The van der Waals surface area contributed by atoms with Crippen molar-refractivity contribution in [1.82, 2.24) is 9.97 Å². The molecule has 0 fully saturated rings. The second-order valence-electron chi connectivity index (χ2n) is 5.45. The molecule has 0 unspecified atom stereocenters. The molecule has 1 amide bonds. The van der Waals surface area contributed by atoms with Gasteiger partial charge in [0.1, 0.15) is 10.8 Å². The van der Waals surface area contributed by atoms with E-state index in [1.807, 2.05) is 42.5 Å². The summed E-state index contributed by atoms with van der Waals surface area (Å²) in [5, 5.41) is 6.66. The lowest BCUT2D eigenvalue weighted by atomic mass is 10.2. The molecule has 0 radical (unpaired) electrons. The smallest absolute Gasteiger partial charge is 0.238 e. The van der Waals surface area contributed by atoms with Gasteiger partial charge in [-0.3, -0.25) is 4.79 Å². The Morgan fingerprint density at radius 1 is 1.15 bits per heavy atom. The van der Waals surface area contributed by atoms with Crippen LogP contribution in [-0.2, 0) is 4.79 Å². The first kappa shape index (κ1) is 18.7. The topological polar surface area (TPSA) is 102 Å². The number of hydrogen-bond donors (Lipinski definition) is 3. The molecule has 0 atom stereocenters. The molecule has 3 aromatic rings. The lowest BCUT2D eigenvalue weighted by molar-refractivity contribution is -0.114. The SMILES string of the molecule is COc1ccc(Sc2ccnc(Nc3cccc(NC(=O)CN)c3)n2)cc1. The zero-order valence-electron chi connectivity index (χ0n) is 14.7. The molecule has 27 heavy (non-hydrogen) atoms. The first-order chi connectivity index (χ1) is 13.2. The van der Waals surface area contributed by atoms with Crippen LogP contribution in [0.5, 0.6) is 5.75 Å². The Labute approximate surface area is 161 Å². The molecule has 7 nitrogen and oxygen atoms in total. The van der Waals surface area contributed by atoms with Crippen molar-refractivity contribution in [2.75, 3.05) is 24.3 Å². The minimum absolute atomic E-state index is 0.0641. The van der Waals surface area contributed by atoms with Gasteiger partial charge in [-0.2, -0.15) is 0 Å². The van der Waals surface area contributed by atoms with E-state index in [4.69, 9.17) is 10.5 Å². The van der Waals surface area contributed by atoms with E-state index < -0.39 is 0 Å². The van der Waals surface area contributed by atoms with Crippen molar-refractivity contribution >= 4 is 35.0 Å². The fourth-order valence-electron chi connectivity index (χ4n) is 2.24. The number of carbonyl (C=O) groups excluding carboxylic acids is 1. The van der Waals surface area contributed by atoms with E-state index in [-0.39, 0.29) is 12.5 Å². The van der Waals surface area contributed by atoms with Crippen LogP contribution in [0, 0.1) is 0 Å². The van der Waals surface area contributed by atoms with E-state index >= 15 is 0 Å². The summed E-state index contributed by atoms with van der Waals surface area (Å²) in [6.07, 6.45) is 1.70. The normalized spacial score (nSPS) is 10.3. The number of nitrogens with one attached hydrogen (secondary N) is 2. The summed E-state index contributed by atoms with van der Waals surface area (Å²) in [6, 6.07) is 16.9. The first-order valence-corrected chi connectivity index (χ1v) is 9.00. The van der Waals surface area contributed by atoms with Crippen LogP contribution in [0.25, 0.3) is 0 Å². The summed E-state index contributed by atoms with van der Waals surface area (Å²) < 4.78 is 5.17. The van der Waals surface area contributed by atoms with Crippen LogP contribution in [0.3, 0.4) is 0 Å². The summed E-state index contributed by atoms with van der Waals surface area (Å²) in [7, 11) is 1.64. The quantitative estimate of drug-likeness (QED) is 0.540. The second kappa shape index (κ2) is 9.02. The minimum atomic E-state index is -0.249. The van der Waals surface area contributed by atoms with Crippen molar-refractivity contribution in [3.8, 4) is 5.75 Å². The maximum absolute atomic E-state index is 11.4. The number of rotatable bonds is 7. The highest BCUT2D eigenvalue weighted by Crippen LogP contribution is 2.28. The van der Waals surface area contributed by atoms with Crippen LogP contribution in [-0.4, -0.2) is 29.5 Å². The molecule has 0 aliphatic heterocycles. The Balaban J connectivity index is 1.70. The summed E-state index contributed by atoms with van der Waals surface area (Å²) in [5.41, 5.74) is 6.73. The molecule has 1 heterocycles. The molecule has 0 saturated carbocycles. The van der Waals surface area contributed by atoms with Crippen molar-refractivity contribution in [2.45, 2.75) is 9.92 Å². The van der Waals surface area contributed by atoms with Gasteiger partial charge in [-0.05, 0) is 48.5 Å². The number of ether oxygens (including phenoxy) is 1. The minimum Gasteiger partial charge on any atom is -0.497 e. The van der Waals surface area contributed by atoms with Gasteiger partial charge in [0.05, 0.1) is 13.7 Å². The number of aromatic nitrogens is 2. The Kier molecular flexibility index (Phi) is 6.24. The number of carbonyl (C=O) groups is 1. The van der Waals surface area contributed by atoms with Gasteiger partial charge in [0.2, 0.25) is 11.9 Å². The molecule has 0 saturated heterocycles. The van der Waals surface area contributed by atoms with Crippen molar-refractivity contribution in [3.63, 3.8) is 0 Å². The van der Waals surface area contributed by atoms with Crippen LogP contribution in [0.1, 0.15) is 0 Å². The molecule has 1 aromatic heterocycles. The molecule has 0 bridgehead atoms. The van der Waals surface area contributed by atoms with E-state index in [9.17, 15) is 4.79 Å². The molecule has 0 aliphatic rings. The number of anilines is 3. The van der Waals surface area contributed by atoms with Gasteiger partial charge in [-0.25, -0.2) is 9.97 Å². The molecule has 8 heteroatoms. The summed E-state index contributed by atoms with van der Waals surface area (Å²) >= 11 is 1.53. The van der Waals surface area contributed by atoms with E-state index in [2.05, 4.69) is 20.6 Å². The summed E-state index contributed by atoms with van der Waals surface area (Å²) in [6.45, 7) is -0.0641. The van der Waals surface area contributed by atoms with Crippen LogP contribution >= 0.6 is 11.8 Å². The standard InChI is InChI=1S/C19H19N5O2S/c1-26-15-5-7-16(8-6-15)27-18-9-10-21-19(24-18)23-14-4-2-3-13(11-14)22-17(25)12-20/h2-11H,12,20H2,1H3,(H,22,25)(H,21,23,24). The third kappa shape index (κ3) is 5.44. The zero-order valence-corrected chi connectivity index (χ0v) is 15.5. The summed E-state index contributed by atoms with van der Waals surface area (Å²) in [4.78, 5) is 21.2. The highest BCUT2D eigenvalue weighted by atomic mass is 32.2. The van der Waals surface area contributed by atoms with Crippen LogP contribution in [0.15, 0.2) is 70.7 Å². The molecule has 0 aliphatic carbocycles. The van der Waals surface area contributed by atoms with Gasteiger partial charge in [0.25, 0.3) is 0 Å². The fourth-order valence-corrected chi connectivity index (χ4v) is 3.01. The predicted molar refractivity (Wildman–Crippen MR) is 107 cm³/mol. The maximum Gasteiger partial charge on any atom is 0.238 e. The fraction of sp³-hybridized carbons (Fsp3) is 0.105. The van der Waals surface area contributed by atoms with Crippen LogP contribution in [0.4, 0.5) is 17.3 Å². The number of hydrogen-bond acceptors (Lipinski definition) is 7. The molecule has 138 valence electrons. The van der Waals surface area contributed by atoms with Gasteiger partial charge >= 0.3 is 0 Å². The number of methoxy groups -OCH3 is 1. The lowest BCUT2D eigenvalue weighted by Gasteiger charge is -2.09. The molecule has 4 N–H and O–H groups in total. The number of amides is 1.